The lowest BCUT2D eigenvalue weighted by molar-refractivity contribution is 0.228. The van der Waals surface area contributed by atoms with Crippen LogP contribution >= 0.6 is 0 Å². The number of hydrogen-bond donors (Lipinski definition) is 1. The molecule has 2 aliphatic carbocycles. The van der Waals surface area contributed by atoms with Crippen molar-refractivity contribution in [3.63, 3.8) is 0 Å². The molecule has 0 aromatic rings. The van der Waals surface area contributed by atoms with E-state index in [4.69, 9.17) is 5.21 Å². The van der Waals surface area contributed by atoms with Crippen molar-refractivity contribution < 1.29 is 5.21 Å². The molecule has 0 unspecified atom stereocenters. The van der Waals surface area contributed by atoms with Crippen LogP contribution in [0.15, 0.2) is 30.5 Å². The molecule has 0 saturated heterocycles. The van der Waals surface area contributed by atoms with Crippen LogP contribution in [-0.4, -0.2) is 35.0 Å². The van der Waals surface area contributed by atoms with Gasteiger partial charge in [-0.2, -0.15) is 0 Å². The largest absolute Gasteiger partial charge is 0.411 e. The first-order valence-electron chi connectivity index (χ1n) is 5.99. The molecule has 2 fully saturated rings. The monoisotopic (exact) mass is 220 g/mol. The average Bonchev–Trinajstić information content (AvgIpc) is 2.88. The van der Waals surface area contributed by atoms with E-state index in [0.717, 1.165) is 18.8 Å². The third-order valence-corrected chi connectivity index (χ3v) is 3.88. The highest BCUT2D eigenvalue weighted by Crippen LogP contribution is 2.44. The van der Waals surface area contributed by atoms with E-state index in [2.05, 4.69) is 23.2 Å². The van der Waals surface area contributed by atoms with Crippen LogP contribution in [0.2, 0.25) is 0 Å². The molecule has 3 nitrogen and oxygen atoms in total. The fourth-order valence-electron chi connectivity index (χ4n) is 3.31. The lowest BCUT2D eigenvalue weighted by Gasteiger charge is -2.33. The Labute approximate surface area is 97.1 Å². The molecular weight excluding hydrogens is 200 g/mol. The lowest BCUT2D eigenvalue weighted by atomic mass is 9.92. The topological polar surface area (TPSA) is 35.8 Å². The Bertz CT molecular complexity index is 301. The van der Waals surface area contributed by atoms with E-state index >= 15 is 0 Å². The molecule has 0 aromatic carbocycles. The van der Waals surface area contributed by atoms with Crippen molar-refractivity contribution in [1.82, 2.24) is 4.90 Å². The number of fused-ring (bicyclic) bond motifs is 2. The van der Waals surface area contributed by atoms with Crippen molar-refractivity contribution >= 4 is 5.71 Å². The zero-order valence-corrected chi connectivity index (χ0v) is 9.68. The number of nitrogens with zero attached hydrogens (tertiary/aromatic N) is 2. The molecular formula is C13H20N2O. The normalized spacial score (nSPS) is 34.8. The van der Waals surface area contributed by atoms with Crippen LogP contribution in [0.1, 0.15) is 19.3 Å². The molecule has 3 atom stereocenters. The minimum absolute atomic E-state index is 0.305. The highest BCUT2D eigenvalue weighted by atomic mass is 16.4. The van der Waals surface area contributed by atoms with Crippen LogP contribution in [0, 0.1) is 11.8 Å². The highest BCUT2D eigenvalue weighted by molar-refractivity contribution is 5.94. The molecule has 1 N–H and O–H groups in total. The molecule has 2 aliphatic rings. The van der Waals surface area contributed by atoms with Gasteiger partial charge in [-0.15, -0.1) is 13.2 Å². The molecule has 3 heteroatoms. The summed E-state index contributed by atoms with van der Waals surface area (Å²) < 4.78 is 0. The van der Waals surface area contributed by atoms with Crippen molar-refractivity contribution in [1.29, 1.82) is 0 Å². The van der Waals surface area contributed by atoms with E-state index in [1.54, 1.807) is 0 Å². The second-order valence-electron chi connectivity index (χ2n) is 4.77. The fourth-order valence-corrected chi connectivity index (χ4v) is 3.31. The first-order valence-corrected chi connectivity index (χ1v) is 5.99. The summed E-state index contributed by atoms with van der Waals surface area (Å²) in [6, 6.07) is 0.305. The minimum atomic E-state index is 0.305. The van der Waals surface area contributed by atoms with Crippen LogP contribution in [0.25, 0.3) is 0 Å². The maximum Gasteiger partial charge on any atom is 0.0775 e. The van der Waals surface area contributed by atoms with Gasteiger partial charge in [0.05, 0.1) is 11.8 Å². The summed E-state index contributed by atoms with van der Waals surface area (Å²) in [6.07, 6.45) is 7.46. The van der Waals surface area contributed by atoms with Gasteiger partial charge in [0.25, 0.3) is 0 Å². The van der Waals surface area contributed by atoms with E-state index in [-0.39, 0.29) is 0 Å². The van der Waals surface area contributed by atoms with Crippen molar-refractivity contribution in [2.75, 3.05) is 13.1 Å². The maximum atomic E-state index is 9.15. The van der Waals surface area contributed by atoms with Crippen molar-refractivity contribution in [2.24, 2.45) is 17.0 Å². The van der Waals surface area contributed by atoms with Gasteiger partial charge in [0.15, 0.2) is 0 Å². The molecule has 2 rings (SSSR count). The van der Waals surface area contributed by atoms with E-state index < -0.39 is 0 Å². The van der Waals surface area contributed by atoms with Gasteiger partial charge < -0.3 is 5.21 Å². The molecule has 0 spiro atoms. The first-order chi connectivity index (χ1) is 7.81. The van der Waals surface area contributed by atoms with Crippen LogP contribution in [0.4, 0.5) is 0 Å². The van der Waals surface area contributed by atoms with Crippen molar-refractivity contribution in [3.8, 4) is 0 Å². The van der Waals surface area contributed by atoms with Gasteiger partial charge in [-0.1, -0.05) is 17.3 Å². The highest BCUT2D eigenvalue weighted by Gasteiger charge is 2.47. The summed E-state index contributed by atoms with van der Waals surface area (Å²) in [7, 11) is 0. The number of oxime groups is 1. The van der Waals surface area contributed by atoms with E-state index in [9.17, 15) is 0 Å². The van der Waals surface area contributed by atoms with Crippen LogP contribution in [-0.2, 0) is 0 Å². The van der Waals surface area contributed by atoms with Crippen LogP contribution in [0.3, 0.4) is 0 Å². The standard InChI is InChI=1S/C13H20N2O/c1-3-7-15(8-4-2)13-11-6-5-10(9-11)12(13)14-16/h3-4,10-11,13,16H,1-2,5-9H2/b14-12-/t10-,11-,13+/m0/s1. The van der Waals surface area contributed by atoms with Gasteiger partial charge in [0.1, 0.15) is 0 Å². The smallest absolute Gasteiger partial charge is 0.0775 e. The van der Waals surface area contributed by atoms with Gasteiger partial charge in [0, 0.05) is 19.0 Å². The molecule has 0 radical (unpaired) electrons. The lowest BCUT2D eigenvalue weighted by Crippen LogP contribution is -2.45. The number of rotatable bonds is 5. The van der Waals surface area contributed by atoms with Crippen LogP contribution in [0.5, 0.6) is 0 Å². The van der Waals surface area contributed by atoms with Gasteiger partial charge in [0.2, 0.25) is 0 Å². The molecule has 2 bridgehead atoms. The first kappa shape index (κ1) is 11.4. The van der Waals surface area contributed by atoms with Gasteiger partial charge >= 0.3 is 0 Å². The molecule has 0 aromatic heterocycles. The Morgan fingerprint density at radius 3 is 2.56 bits per heavy atom. The average molecular weight is 220 g/mol. The van der Waals surface area contributed by atoms with Crippen molar-refractivity contribution in [3.05, 3.63) is 25.3 Å². The summed E-state index contributed by atoms with van der Waals surface area (Å²) in [4.78, 5) is 2.30. The summed E-state index contributed by atoms with van der Waals surface area (Å²) in [5.41, 5.74) is 0.986. The van der Waals surface area contributed by atoms with Crippen molar-refractivity contribution in [2.45, 2.75) is 25.3 Å². The summed E-state index contributed by atoms with van der Waals surface area (Å²) >= 11 is 0. The van der Waals surface area contributed by atoms with Crippen LogP contribution < -0.4 is 0 Å². The maximum absolute atomic E-state index is 9.15. The zero-order valence-electron chi connectivity index (χ0n) is 9.68. The Morgan fingerprint density at radius 1 is 1.31 bits per heavy atom. The Kier molecular flexibility index (Phi) is 3.44. The Balaban J connectivity index is 2.16. The second kappa shape index (κ2) is 4.83. The minimum Gasteiger partial charge on any atom is -0.411 e. The third-order valence-electron chi connectivity index (χ3n) is 3.88. The summed E-state index contributed by atoms with van der Waals surface area (Å²) in [6.45, 7) is 9.24. The second-order valence-corrected chi connectivity index (χ2v) is 4.77. The predicted molar refractivity (Wildman–Crippen MR) is 65.8 cm³/mol. The third kappa shape index (κ3) is 1.80. The molecule has 0 amide bonds. The molecule has 2 saturated carbocycles. The Morgan fingerprint density at radius 2 is 2.00 bits per heavy atom. The molecule has 0 heterocycles. The predicted octanol–water partition coefficient (Wildman–Crippen LogP) is 2.29. The molecule has 88 valence electrons. The van der Waals surface area contributed by atoms with E-state index in [0.29, 0.717) is 17.9 Å². The molecule has 0 aliphatic heterocycles. The quantitative estimate of drug-likeness (QED) is 0.438. The number of hydrogen-bond acceptors (Lipinski definition) is 3. The summed E-state index contributed by atoms with van der Waals surface area (Å²) in [5, 5.41) is 12.7. The fraction of sp³-hybridized carbons (Fsp3) is 0.615. The van der Waals surface area contributed by atoms with Gasteiger partial charge in [-0.25, -0.2) is 0 Å². The van der Waals surface area contributed by atoms with E-state index in [1.165, 1.54) is 19.3 Å². The summed E-state index contributed by atoms with van der Waals surface area (Å²) in [5.74, 6) is 1.17. The van der Waals surface area contributed by atoms with Gasteiger partial charge in [-0.05, 0) is 25.2 Å². The zero-order chi connectivity index (χ0) is 11.5. The molecule has 16 heavy (non-hydrogen) atoms. The van der Waals surface area contributed by atoms with E-state index in [1.807, 2.05) is 12.2 Å². The SMILES string of the molecule is C=CCN(CC=C)[C@H]1/C(=N\O)[C@H]2CC[C@H]1C2. The Hall–Kier alpha value is -1.09. The van der Waals surface area contributed by atoms with Gasteiger partial charge in [-0.3, -0.25) is 4.90 Å².